The third-order valence-electron chi connectivity index (χ3n) is 5.91. The van der Waals surface area contributed by atoms with E-state index in [2.05, 4.69) is 0 Å². The lowest BCUT2D eigenvalue weighted by molar-refractivity contribution is -0.148. The average molecular weight is 380 g/mol. The van der Waals surface area contributed by atoms with Gasteiger partial charge in [-0.3, -0.25) is 4.79 Å². The topological polar surface area (TPSA) is 48.0 Å². The number of amides is 1. The fraction of sp³-hybridized carbons (Fsp3) is 0.650. The summed E-state index contributed by atoms with van der Waals surface area (Å²) in [5.74, 6) is 0.456. The second-order valence-corrected chi connectivity index (χ2v) is 7.90. The van der Waals surface area contributed by atoms with Gasteiger partial charge < -0.3 is 19.1 Å². The van der Waals surface area contributed by atoms with Crippen molar-refractivity contribution < 1.29 is 19.0 Å². The van der Waals surface area contributed by atoms with Crippen molar-refractivity contribution in [2.24, 2.45) is 5.92 Å². The molecule has 3 aliphatic heterocycles. The zero-order valence-electron chi connectivity index (χ0n) is 15.0. The predicted octanol–water partition coefficient (Wildman–Crippen LogP) is 3.00. The molecule has 3 aliphatic rings. The molecule has 0 aliphatic carbocycles. The highest BCUT2D eigenvalue weighted by Crippen LogP contribution is 2.39. The van der Waals surface area contributed by atoms with Gasteiger partial charge in [-0.05, 0) is 43.4 Å². The molecule has 1 aromatic rings. The molecule has 142 valence electrons. The van der Waals surface area contributed by atoms with Crippen LogP contribution in [0.3, 0.4) is 0 Å². The van der Waals surface area contributed by atoms with Crippen LogP contribution in [0, 0.1) is 5.92 Å². The average Bonchev–Trinajstić information content (AvgIpc) is 3.23. The number of hydrogen-bond acceptors (Lipinski definition) is 4. The summed E-state index contributed by atoms with van der Waals surface area (Å²) in [6, 6.07) is 7.75. The highest BCUT2D eigenvalue weighted by atomic mass is 35.5. The van der Waals surface area contributed by atoms with Gasteiger partial charge in [0.1, 0.15) is 0 Å². The largest absolute Gasteiger partial charge is 0.381 e. The maximum atomic E-state index is 13.7. The van der Waals surface area contributed by atoms with Crippen molar-refractivity contribution in [3.63, 3.8) is 0 Å². The number of nitrogens with zero attached hydrogens (tertiary/aromatic N) is 1. The van der Waals surface area contributed by atoms with E-state index >= 15 is 0 Å². The van der Waals surface area contributed by atoms with Gasteiger partial charge in [-0.25, -0.2) is 0 Å². The van der Waals surface area contributed by atoms with Gasteiger partial charge in [0.2, 0.25) is 5.91 Å². The lowest BCUT2D eigenvalue weighted by Crippen LogP contribution is -2.53. The number of benzene rings is 1. The first-order chi connectivity index (χ1) is 12.7. The number of carbonyl (C=O) groups is 1. The first-order valence-electron chi connectivity index (χ1n) is 9.55. The van der Waals surface area contributed by atoms with Crippen LogP contribution in [0.4, 0.5) is 0 Å². The molecule has 3 heterocycles. The van der Waals surface area contributed by atoms with Crippen LogP contribution in [0.25, 0.3) is 0 Å². The first-order valence-corrected chi connectivity index (χ1v) is 9.93. The van der Waals surface area contributed by atoms with Gasteiger partial charge in [0.15, 0.2) is 6.29 Å². The summed E-state index contributed by atoms with van der Waals surface area (Å²) < 4.78 is 17.0. The smallest absolute Gasteiger partial charge is 0.233 e. The van der Waals surface area contributed by atoms with Crippen molar-refractivity contribution in [1.82, 2.24) is 4.90 Å². The van der Waals surface area contributed by atoms with Gasteiger partial charge >= 0.3 is 0 Å². The van der Waals surface area contributed by atoms with Gasteiger partial charge in [-0.1, -0.05) is 23.7 Å². The molecule has 3 fully saturated rings. The third-order valence-corrected chi connectivity index (χ3v) is 6.15. The molecule has 3 saturated heterocycles. The molecule has 0 saturated carbocycles. The van der Waals surface area contributed by atoms with Crippen LogP contribution < -0.4 is 0 Å². The van der Waals surface area contributed by atoms with Gasteiger partial charge in [-0.2, -0.15) is 0 Å². The molecule has 26 heavy (non-hydrogen) atoms. The van der Waals surface area contributed by atoms with E-state index in [1.807, 2.05) is 29.2 Å². The van der Waals surface area contributed by atoms with E-state index < -0.39 is 5.41 Å². The van der Waals surface area contributed by atoms with Crippen LogP contribution >= 0.6 is 11.6 Å². The van der Waals surface area contributed by atoms with Crippen molar-refractivity contribution in [2.45, 2.75) is 37.4 Å². The Bertz CT molecular complexity index is 640. The molecule has 0 N–H and O–H groups in total. The highest BCUT2D eigenvalue weighted by molar-refractivity contribution is 6.30. The molecule has 0 spiro atoms. The second-order valence-electron chi connectivity index (χ2n) is 7.47. The van der Waals surface area contributed by atoms with Crippen LogP contribution in [-0.2, 0) is 24.4 Å². The maximum Gasteiger partial charge on any atom is 0.233 e. The lowest BCUT2D eigenvalue weighted by atomic mass is 9.72. The SMILES string of the molecule is O=C(N1CCCC(C2OCCO2)C1)C1(c2cccc(Cl)c2)CCOCC1. The Balaban J connectivity index is 1.58. The number of ether oxygens (including phenoxy) is 3. The Morgan fingerprint density at radius 2 is 1.92 bits per heavy atom. The molecule has 5 nitrogen and oxygen atoms in total. The maximum absolute atomic E-state index is 13.7. The molecule has 4 rings (SSSR count). The van der Waals surface area contributed by atoms with Crippen LogP contribution in [0.1, 0.15) is 31.2 Å². The van der Waals surface area contributed by atoms with E-state index in [0.29, 0.717) is 50.8 Å². The Morgan fingerprint density at radius 3 is 2.65 bits per heavy atom. The Labute approximate surface area is 159 Å². The van der Waals surface area contributed by atoms with E-state index in [1.54, 1.807) is 0 Å². The zero-order chi connectivity index (χ0) is 18.0. The van der Waals surface area contributed by atoms with Gasteiger partial charge in [0, 0.05) is 37.2 Å². The molecule has 1 amide bonds. The van der Waals surface area contributed by atoms with Crippen LogP contribution in [-0.4, -0.2) is 56.6 Å². The Kier molecular flexibility index (Phi) is 5.50. The molecule has 1 aromatic carbocycles. The number of hydrogen-bond donors (Lipinski definition) is 0. The summed E-state index contributed by atoms with van der Waals surface area (Å²) in [5, 5.41) is 0.672. The summed E-state index contributed by atoms with van der Waals surface area (Å²) >= 11 is 6.24. The first kappa shape index (κ1) is 18.2. The fourth-order valence-corrected chi connectivity index (χ4v) is 4.69. The number of likely N-dealkylation sites (tertiary alicyclic amines) is 1. The summed E-state index contributed by atoms with van der Waals surface area (Å²) in [5.41, 5.74) is 0.469. The molecule has 0 bridgehead atoms. The third kappa shape index (κ3) is 3.50. The molecule has 6 heteroatoms. The van der Waals surface area contributed by atoms with Crippen molar-refractivity contribution >= 4 is 17.5 Å². The number of carbonyl (C=O) groups excluding carboxylic acids is 1. The van der Waals surface area contributed by atoms with Crippen LogP contribution in [0.5, 0.6) is 0 Å². The number of piperidine rings is 1. The van der Waals surface area contributed by atoms with Crippen LogP contribution in [0.15, 0.2) is 24.3 Å². The van der Waals surface area contributed by atoms with Gasteiger partial charge in [-0.15, -0.1) is 0 Å². The number of halogens is 1. The van der Waals surface area contributed by atoms with E-state index in [9.17, 15) is 4.79 Å². The summed E-state index contributed by atoms with van der Waals surface area (Å²) in [6.45, 7) is 4.00. The summed E-state index contributed by atoms with van der Waals surface area (Å²) in [4.78, 5) is 15.7. The molecule has 1 atom stereocenters. The van der Waals surface area contributed by atoms with Crippen LogP contribution in [0.2, 0.25) is 5.02 Å². The minimum Gasteiger partial charge on any atom is -0.381 e. The Morgan fingerprint density at radius 1 is 1.15 bits per heavy atom. The molecule has 0 radical (unpaired) electrons. The summed E-state index contributed by atoms with van der Waals surface area (Å²) in [7, 11) is 0. The van der Waals surface area contributed by atoms with E-state index in [4.69, 9.17) is 25.8 Å². The van der Waals surface area contributed by atoms with Crippen molar-refractivity contribution in [3.8, 4) is 0 Å². The zero-order valence-corrected chi connectivity index (χ0v) is 15.7. The van der Waals surface area contributed by atoms with E-state index in [0.717, 1.165) is 24.9 Å². The second kappa shape index (κ2) is 7.85. The number of rotatable bonds is 3. The standard InChI is InChI=1S/C20H26ClNO4/c21-17-5-1-4-16(13-17)20(6-9-24-10-7-20)19(23)22-8-2-3-15(14-22)18-25-11-12-26-18/h1,4-5,13,15,18H,2-3,6-12,14H2. The molecule has 1 unspecified atom stereocenters. The van der Waals surface area contributed by atoms with E-state index in [1.165, 1.54) is 0 Å². The fourth-order valence-electron chi connectivity index (χ4n) is 4.50. The highest BCUT2D eigenvalue weighted by Gasteiger charge is 2.45. The lowest BCUT2D eigenvalue weighted by Gasteiger charge is -2.43. The normalized spacial score (nSPS) is 26.8. The molecular formula is C20H26ClNO4. The van der Waals surface area contributed by atoms with Crippen molar-refractivity contribution in [2.75, 3.05) is 39.5 Å². The minimum absolute atomic E-state index is 0.164. The van der Waals surface area contributed by atoms with E-state index in [-0.39, 0.29) is 18.1 Å². The van der Waals surface area contributed by atoms with Gasteiger partial charge in [0.25, 0.3) is 0 Å². The quantitative estimate of drug-likeness (QED) is 0.810. The van der Waals surface area contributed by atoms with Gasteiger partial charge in [0.05, 0.1) is 18.6 Å². The monoisotopic (exact) mass is 379 g/mol. The van der Waals surface area contributed by atoms with Crippen molar-refractivity contribution in [1.29, 1.82) is 0 Å². The predicted molar refractivity (Wildman–Crippen MR) is 98.2 cm³/mol. The summed E-state index contributed by atoms with van der Waals surface area (Å²) in [6.07, 6.45) is 3.26. The van der Waals surface area contributed by atoms with Crippen molar-refractivity contribution in [3.05, 3.63) is 34.9 Å². The molecule has 0 aromatic heterocycles. The minimum atomic E-state index is -0.539. The molecular weight excluding hydrogens is 354 g/mol. The Hall–Kier alpha value is -1.14.